The fourth-order valence-corrected chi connectivity index (χ4v) is 3.15. The van der Waals surface area contributed by atoms with Crippen molar-refractivity contribution < 1.29 is 9.13 Å². The second-order valence-corrected chi connectivity index (χ2v) is 5.91. The summed E-state index contributed by atoms with van der Waals surface area (Å²) in [5, 5.41) is 3.69. The summed E-state index contributed by atoms with van der Waals surface area (Å²) in [7, 11) is 1.51. The van der Waals surface area contributed by atoms with Gasteiger partial charge in [-0.05, 0) is 38.4 Å². The van der Waals surface area contributed by atoms with E-state index in [1.807, 2.05) is 12.1 Å². The molecule has 1 N–H and O–H groups in total. The molecule has 0 radical (unpaired) electrons. The highest BCUT2D eigenvalue weighted by Crippen LogP contribution is 2.24. The number of nitrogens with one attached hydrogen (secondary N) is 1. The first-order valence-electron chi connectivity index (χ1n) is 7.93. The van der Waals surface area contributed by atoms with Gasteiger partial charge < -0.3 is 10.1 Å². The Bertz CT molecular complexity index is 460. The van der Waals surface area contributed by atoms with Gasteiger partial charge in [-0.2, -0.15) is 0 Å². The topological polar surface area (TPSA) is 24.5 Å². The molecule has 0 unspecified atom stereocenters. The fraction of sp³-hybridized carbons (Fsp3) is 0.647. The molecule has 0 aliphatic carbocycles. The third-order valence-electron chi connectivity index (χ3n) is 4.69. The van der Waals surface area contributed by atoms with E-state index >= 15 is 0 Å². The second kappa shape index (κ2) is 7.23. The maximum atomic E-state index is 14.3. The van der Waals surface area contributed by atoms with E-state index in [1.54, 1.807) is 6.07 Å². The Hall–Kier alpha value is -1.13. The van der Waals surface area contributed by atoms with Crippen LogP contribution in [-0.2, 0) is 6.54 Å². The average Bonchev–Trinajstić information content (AvgIpc) is 2.72. The summed E-state index contributed by atoms with van der Waals surface area (Å²) < 4.78 is 19.4. The van der Waals surface area contributed by atoms with E-state index in [-0.39, 0.29) is 11.4 Å². The van der Waals surface area contributed by atoms with Gasteiger partial charge in [-0.15, -0.1) is 0 Å². The average molecular weight is 294 g/mol. The summed E-state index contributed by atoms with van der Waals surface area (Å²) in [6, 6.07) is 5.39. The lowest BCUT2D eigenvalue weighted by Gasteiger charge is -2.35. The van der Waals surface area contributed by atoms with Crippen molar-refractivity contribution in [1.29, 1.82) is 0 Å². The highest BCUT2D eigenvalue weighted by atomic mass is 19.1. The summed E-state index contributed by atoms with van der Waals surface area (Å²) in [6.45, 7) is 8.12. The summed E-state index contributed by atoms with van der Waals surface area (Å²) >= 11 is 0. The molecule has 0 atom stereocenters. The van der Waals surface area contributed by atoms with Crippen LogP contribution in [0.15, 0.2) is 18.2 Å². The number of methoxy groups -OCH3 is 1. The predicted molar refractivity (Wildman–Crippen MR) is 84.2 cm³/mol. The van der Waals surface area contributed by atoms with Gasteiger partial charge in [0.05, 0.1) is 7.11 Å². The van der Waals surface area contributed by atoms with Crippen molar-refractivity contribution in [2.75, 3.05) is 26.7 Å². The zero-order chi connectivity index (χ0) is 15.3. The van der Waals surface area contributed by atoms with E-state index in [4.69, 9.17) is 4.74 Å². The molecule has 1 saturated heterocycles. The number of ether oxygens (including phenoxy) is 1. The van der Waals surface area contributed by atoms with Gasteiger partial charge in [0.1, 0.15) is 0 Å². The Balaban J connectivity index is 2.14. The molecule has 1 aromatic carbocycles. The van der Waals surface area contributed by atoms with Crippen molar-refractivity contribution in [2.45, 2.75) is 45.2 Å². The van der Waals surface area contributed by atoms with Crippen LogP contribution in [0.4, 0.5) is 4.39 Å². The zero-order valence-corrected chi connectivity index (χ0v) is 13.4. The molecule has 0 aromatic heterocycles. The Morgan fingerprint density at radius 1 is 1.33 bits per heavy atom. The van der Waals surface area contributed by atoms with Crippen molar-refractivity contribution in [3.8, 4) is 5.75 Å². The molecule has 1 aliphatic rings. The van der Waals surface area contributed by atoms with Crippen molar-refractivity contribution in [2.24, 2.45) is 0 Å². The van der Waals surface area contributed by atoms with E-state index in [1.165, 1.54) is 7.11 Å². The van der Waals surface area contributed by atoms with E-state index in [9.17, 15) is 4.39 Å². The highest BCUT2D eigenvalue weighted by molar-refractivity contribution is 5.31. The first-order chi connectivity index (χ1) is 10.1. The van der Waals surface area contributed by atoms with Crippen LogP contribution >= 0.6 is 0 Å². The van der Waals surface area contributed by atoms with Gasteiger partial charge >= 0.3 is 0 Å². The third-order valence-corrected chi connectivity index (χ3v) is 4.69. The Morgan fingerprint density at radius 2 is 2.10 bits per heavy atom. The van der Waals surface area contributed by atoms with Crippen LogP contribution in [0.3, 0.4) is 0 Å². The number of benzene rings is 1. The predicted octanol–water partition coefficient (Wildman–Crippen LogP) is 3.19. The molecule has 3 nitrogen and oxygen atoms in total. The van der Waals surface area contributed by atoms with E-state index in [0.717, 1.165) is 44.5 Å². The van der Waals surface area contributed by atoms with Gasteiger partial charge in [-0.25, -0.2) is 4.39 Å². The molecule has 1 aliphatic heterocycles. The molecular weight excluding hydrogens is 267 g/mol. The molecule has 1 aromatic rings. The van der Waals surface area contributed by atoms with Gasteiger partial charge in [0.2, 0.25) is 0 Å². The van der Waals surface area contributed by atoms with Gasteiger partial charge in [-0.1, -0.05) is 26.0 Å². The number of nitrogens with zero attached hydrogens (tertiary/aromatic N) is 1. The molecule has 2 rings (SSSR count). The molecule has 0 spiro atoms. The lowest BCUT2D eigenvalue weighted by molar-refractivity contribution is 0.189. The maximum Gasteiger partial charge on any atom is 0.169 e. The molecule has 0 bridgehead atoms. The van der Waals surface area contributed by atoms with Gasteiger partial charge in [-0.3, -0.25) is 4.90 Å². The zero-order valence-electron chi connectivity index (χ0n) is 13.4. The van der Waals surface area contributed by atoms with Crippen molar-refractivity contribution in [3.05, 3.63) is 29.6 Å². The largest absolute Gasteiger partial charge is 0.494 e. The minimum atomic E-state index is -0.226. The quantitative estimate of drug-likeness (QED) is 0.902. The molecule has 118 valence electrons. The fourth-order valence-electron chi connectivity index (χ4n) is 3.15. The van der Waals surface area contributed by atoms with Crippen molar-refractivity contribution in [3.63, 3.8) is 0 Å². The second-order valence-electron chi connectivity index (χ2n) is 5.91. The number of halogens is 1. The Morgan fingerprint density at radius 3 is 2.76 bits per heavy atom. The molecule has 0 saturated carbocycles. The standard InChI is InChI=1S/C17H27FN2O/c1-4-17(5-2)13-20(11-7-10-19-17)12-14-8-6-9-15(21-3)16(14)18/h6,8-9,19H,4-5,7,10-13H2,1-3H3. The minimum absolute atomic E-state index is 0.159. The summed E-state index contributed by atoms with van der Waals surface area (Å²) in [4.78, 5) is 2.37. The van der Waals surface area contributed by atoms with Crippen molar-refractivity contribution in [1.82, 2.24) is 10.2 Å². The van der Waals surface area contributed by atoms with E-state index in [2.05, 4.69) is 24.1 Å². The molecule has 1 fully saturated rings. The van der Waals surface area contributed by atoms with E-state index < -0.39 is 0 Å². The van der Waals surface area contributed by atoms with Gasteiger partial charge in [0.25, 0.3) is 0 Å². The minimum Gasteiger partial charge on any atom is -0.494 e. The number of rotatable bonds is 5. The van der Waals surface area contributed by atoms with Crippen LogP contribution in [-0.4, -0.2) is 37.2 Å². The molecule has 21 heavy (non-hydrogen) atoms. The van der Waals surface area contributed by atoms with Crippen molar-refractivity contribution >= 4 is 0 Å². The number of hydrogen-bond acceptors (Lipinski definition) is 3. The van der Waals surface area contributed by atoms with Crippen LogP contribution in [0.5, 0.6) is 5.75 Å². The van der Waals surface area contributed by atoms with Crippen LogP contribution in [0.1, 0.15) is 38.7 Å². The first kappa shape index (κ1) is 16.2. The first-order valence-corrected chi connectivity index (χ1v) is 7.93. The SMILES string of the molecule is CCC1(CC)CN(Cc2cccc(OC)c2F)CCCN1. The summed E-state index contributed by atoms with van der Waals surface area (Å²) in [5.41, 5.74) is 0.878. The normalized spacial score (nSPS) is 19.2. The van der Waals surface area contributed by atoms with Crippen LogP contribution in [0.25, 0.3) is 0 Å². The third kappa shape index (κ3) is 3.74. The highest BCUT2D eigenvalue weighted by Gasteiger charge is 2.30. The van der Waals surface area contributed by atoms with Gasteiger partial charge in [0, 0.05) is 24.2 Å². The molecule has 0 amide bonds. The lowest BCUT2D eigenvalue weighted by Crippen LogP contribution is -2.50. The maximum absolute atomic E-state index is 14.3. The monoisotopic (exact) mass is 294 g/mol. The van der Waals surface area contributed by atoms with Crippen LogP contribution in [0.2, 0.25) is 0 Å². The Labute approximate surface area is 127 Å². The summed E-state index contributed by atoms with van der Waals surface area (Å²) in [6.07, 6.45) is 3.30. The number of hydrogen-bond donors (Lipinski definition) is 1. The smallest absolute Gasteiger partial charge is 0.169 e. The molecular formula is C17H27FN2O. The van der Waals surface area contributed by atoms with Gasteiger partial charge in [0.15, 0.2) is 11.6 Å². The molecule has 4 heteroatoms. The van der Waals surface area contributed by atoms with Crippen LogP contribution in [0, 0.1) is 5.82 Å². The lowest BCUT2D eigenvalue weighted by atomic mass is 9.92. The molecule has 1 heterocycles. The van der Waals surface area contributed by atoms with E-state index in [0.29, 0.717) is 12.3 Å². The Kier molecular flexibility index (Phi) is 5.59. The van der Waals surface area contributed by atoms with Crippen LogP contribution < -0.4 is 10.1 Å². The summed E-state index contributed by atoms with van der Waals surface area (Å²) in [5.74, 6) is 0.105.